The minimum absolute atomic E-state index is 0. The Morgan fingerprint density at radius 1 is 0.556 bits per heavy atom. The molecular weight excluding hydrogens is 586 g/mol. The molecule has 0 saturated heterocycles. The second kappa shape index (κ2) is 19.6. The van der Waals surface area contributed by atoms with Crippen LogP contribution in [0.15, 0.2) is 54.6 Å². The smallest absolute Gasteiger partial charge is 0 e. The summed E-state index contributed by atoms with van der Waals surface area (Å²) in [5, 5.41) is 0. The zero-order valence-corrected chi connectivity index (χ0v) is 28.7. The maximum atomic E-state index is 3.97. The Bertz CT molecular complexity index is 966. The summed E-state index contributed by atoms with van der Waals surface area (Å²) in [5.41, 5.74) is 12.1. The average Bonchev–Trinajstić information content (AvgIpc) is 3.04. The van der Waals surface area contributed by atoms with Crippen molar-refractivity contribution in [3.8, 4) is 0 Å². The molecule has 0 fully saturated rings. The zero-order valence-electron chi connectivity index (χ0n) is 23.0. The fraction of sp³-hybridized carbons (Fsp3) is 0.353. The molecule has 0 amide bonds. The van der Waals surface area contributed by atoms with Crippen LogP contribution in [0.3, 0.4) is 0 Å². The van der Waals surface area contributed by atoms with Gasteiger partial charge in [0.05, 0.1) is 0 Å². The predicted molar refractivity (Wildman–Crippen MR) is 151 cm³/mol. The molecule has 36 heavy (non-hydrogen) atoms. The van der Waals surface area contributed by atoms with Gasteiger partial charge >= 0.3 is 0 Å². The van der Waals surface area contributed by atoms with Crippen molar-refractivity contribution < 1.29 is 65.4 Å². The first kappa shape index (κ1) is 35.6. The summed E-state index contributed by atoms with van der Waals surface area (Å²) in [6, 6.07) is 19.7. The van der Waals surface area contributed by atoms with Crippen molar-refractivity contribution in [1.82, 2.24) is 0 Å². The molecule has 0 nitrogen and oxygen atoms in total. The quantitative estimate of drug-likeness (QED) is 0.199. The van der Waals surface area contributed by atoms with E-state index in [1.165, 1.54) is 59.9 Å². The summed E-state index contributed by atoms with van der Waals surface area (Å²) in [7, 11) is 0. The minimum Gasteiger partial charge on any atom is -0.344 e. The Kier molecular flexibility index (Phi) is 19.4. The maximum Gasteiger partial charge on any atom is 0 e. The number of hydrogen-bond donors (Lipinski definition) is 0. The first-order chi connectivity index (χ1) is 16.3. The monoisotopic (exact) mass is 630 g/mol. The van der Waals surface area contributed by atoms with Gasteiger partial charge in [0.2, 0.25) is 0 Å². The molecule has 0 unspecified atom stereocenters. The Balaban J connectivity index is 0.000000498. The van der Waals surface area contributed by atoms with Gasteiger partial charge in [0, 0.05) is 65.4 Å². The molecular formula is C34H44Y2-4. The largest absolute Gasteiger partial charge is 0.344 e. The molecule has 4 rings (SSSR count). The fourth-order valence-corrected chi connectivity index (χ4v) is 4.42. The van der Waals surface area contributed by atoms with E-state index in [0.29, 0.717) is 0 Å². The van der Waals surface area contributed by atoms with E-state index >= 15 is 0 Å². The molecule has 0 bridgehead atoms. The van der Waals surface area contributed by atoms with Crippen molar-refractivity contribution in [3.05, 3.63) is 132 Å². The average molecular weight is 631 g/mol. The van der Waals surface area contributed by atoms with Crippen LogP contribution in [0.1, 0.15) is 82.2 Å². The van der Waals surface area contributed by atoms with Crippen LogP contribution in [0.4, 0.5) is 0 Å². The van der Waals surface area contributed by atoms with Crippen LogP contribution < -0.4 is 0 Å². The van der Waals surface area contributed by atoms with Crippen LogP contribution in [0.5, 0.6) is 0 Å². The van der Waals surface area contributed by atoms with Gasteiger partial charge in [-0.15, -0.1) is 36.1 Å². The van der Waals surface area contributed by atoms with Gasteiger partial charge < -0.3 is 13.8 Å². The van der Waals surface area contributed by atoms with Crippen molar-refractivity contribution in [1.29, 1.82) is 0 Å². The first-order valence-corrected chi connectivity index (χ1v) is 12.8. The number of aryl methyl sites for hydroxylation is 7. The number of rotatable bonds is 4. The van der Waals surface area contributed by atoms with E-state index < -0.39 is 0 Å². The van der Waals surface area contributed by atoms with E-state index in [1.54, 1.807) is 11.1 Å². The summed E-state index contributed by atoms with van der Waals surface area (Å²) in [6.07, 6.45) is 10.8. The van der Waals surface area contributed by atoms with Gasteiger partial charge in [-0.3, -0.25) is 0 Å². The Hall–Kier alpha value is -0.392. The van der Waals surface area contributed by atoms with Crippen LogP contribution in [0.2, 0.25) is 0 Å². The van der Waals surface area contributed by atoms with Gasteiger partial charge in [0.1, 0.15) is 0 Å². The van der Waals surface area contributed by atoms with E-state index in [0.717, 1.165) is 36.8 Å². The van der Waals surface area contributed by atoms with E-state index in [9.17, 15) is 0 Å². The van der Waals surface area contributed by atoms with Gasteiger partial charge in [-0.2, -0.15) is 61.1 Å². The SMILES string of the molecule is Cc1ccc2c(c1)CCCCC2.[CH2-]CCc1ccc(C)cc1[CH2-].[CH2-]CCc1ccc(C)cc1[CH2-].[Y].[Y]. The van der Waals surface area contributed by atoms with Crippen molar-refractivity contribution in [2.24, 2.45) is 0 Å². The second-order valence-corrected chi connectivity index (χ2v) is 9.58. The van der Waals surface area contributed by atoms with Crippen LogP contribution >= 0.6 is 0 Å². The Morgan fingerprint density at radius 2 is 0.972 bits per heavy atom. The van der Waals surface area contributed by atoms with Crippen molar-refractivity contribution in [2.45, 2.75) is 78.6 Å². The third-order valence-electron chi connectivity index (χ3n) is 6.37. The third-order valence-corrected chi connectivity index (χ3v) is 6.37. The van der Waals surface area contributed by atoms with Crippen molar-refractivity contribution in [2.75, 3.05) is 0 Å². The van der Waals surface area contributed by atoms with Crippen LogP contribution in [0.25, 0.3) is 0 Å². The molecule has 2 radical (unpaired) electrons. The fourth-order valence-electron chi connectivity index (χ4n) is 4.42. The van der Waals surface area contributed by atoms with Crippen LogP contribution in [-0.4, -0.2) is 0 Å². The first-order valence-electron chi connectivity index (χ1n) is 12.8. The molecule has 1 aliphatic carbocycles. The Morgan fingerprint density at radius 3 is 1.42 bits per heavy atom. The minimum atomic E-state index is 0. The van der Waals surface area contributed by atoms with E-state index in [2.05, 4.69) is 103 Å². The number of benzene rings is 3. The van der Waals surface area contributed by atoms with Crippen molar-refractivity contribution >= 4 is 0 Å². The molecule has 0 heterocycles. The standard InChI is InChI=1S/C12H16.2C11H14.2Y/c1-10-7-8-11-5-3-2-4-6-12(11)9-10;2*1-4-5-11-7-6-9(2)8-10(11)3;;/h7-9H,2-6H2,1H3;2*6-8H,1,3-5H2,2H3;;/q;2*-2;;. The second-order valence-electron chi connectivity index (χ2n) is 9.58. The number of fused-ring (bicyclic) bond motifs is 1. The molecule has 0 saturated carbocycles. The summed E-state index contributed by atoms with van der Waals surface area (Å²) >= 11 is 0. The van der Waals surface area contributed by atoms with Gasteiger partial charge in [-0.1, -0.05) is 56.2 Å². The molecule has 190 valence electrons. The molecule has 3 aromatic carbocycles. The molecule has 3 aromatic rings. The third kappa shape index (κ3) is 12.9. The zero-order chi connectivity index (χ0) is 24.9. The normalized spacial score (nSPS) is 11.7. The molecule has 0 aromatic heterocycles. The van der Waals surface area contributed by atoms with Crippen molar-refractivity contribution in [3.63, 3.8) is 0 Å². The van der Waals surface area contributed by atoms with Gasteiger partial charge in [-0.05, 0) is 43.7 Å². The van der Waals surface area contributed by atoms with Gasteiger partial charge in [-0.25, -0.2) is 0 Å². The van der Waals surface area contributed by atoms with Crippen LogP contribution in [0, 0.1) is 48.5 Å². The summed E-state index contributed by atoms with van der Waals surface area (Å²) in [6.45, 7) is 21.9. The summed E-state index contributed by atoms with van der Waals surface area (Å²) in [4.78, 5) is 0. The topological polar surface area (TPSA) is 0 Å². The molecule has 0 aliphatic heterocycles. The Labute approximate surface area is 273 Å². The van der Waals surface area contributed by atoms with Crippen LogP contribution in [-0.2, 0) is 91.1 Å². The molecule has 1 aliphatic rings. The van der Waals surface area contributed by atoms with E-state index in [1.807, 2.05) is 0 Å². The van der Waals surface area contributed by atoms with E-state index in [4.69, 9.17) is 0 Å². The number of hydrogen-bond acceptors (Lipinski definition) is 0. The summed E-state index contributed by atoms with van der Waals surface area (Å²) < 4.78 is 0. The molecule has 0 N–H and O–H groups in total. The van der Waals surface area contributed by atoms with Gasteiger partial charge in [0.25, 0.3) is 0 Å². The van der Waals surface area contributed by atoms with Gasteiger partial charge in [0.15, 0.2) is 0 Å². The predicted octanol–water partition coefficient (Wildman–Crippen LogP) is 9.15. The summed E-state index contributed by atoms with van der Waals surface area (Å²) in [5.74, 6) is 0. The molecule has 2 heteroatoms. The van der Waals surface area contributed by atoms with E-state index in [-0.39, 0.29) is 65.4 Å². The maximum absolute atomic E-state index is 3.97. The molecule has 0 spiro atoms. The molecule has 0 atom stereocenters.